The first-order valence-electron chi connectivity index (χ1n) is 6.28. The first-order valence-corrected chi connectivity index (χ1v) is 9.07. The Hall–Kier alpha value is -1.45. The van der Waals surface area contributed by atoms with Crippen LogP contribution >= 0.6 is 34.9 Å². The highest BCUT2D eigenvalue weighted by Crippen LogP contribution is 2.30. The quantitative estimate of drug-likeness (QED) is 0.641. The molecule has 3 aromatic rings. The number of thioether (sulfide) groups is 2. The topological polar surface area (TPSA) is 69.4 Å². The third-order valence-corrected chi connectivity index (χ3v) is 5.58. The number of tetrazole rings is 1. The molecule has 1 aromatic carbocycles. The summed E-state index contributed by atoms with van der Waals surface area (Å²) in [6.07, 6.45) is 0. The van der Waals surface area contributed by atoms with Crippen LogP contribution in [0.3, 0.4) is 0 Å². The minimum Gasteiger partial charge on any atom is -0.196 e. The van der Waals surface area contributed by atoms with Crippen LogP contribution in [0.15, 0.2) is 39.0 Å². The second-order valence-electron chi connectivity index (χ2n) is 3.90. The van der Waals surface area contributed by atoms with E-state index in [0.29, 0.717) is 5.75 Å². The number of aromatic nitrogens is 6. The summed E-state index contributed by atoms with van der Waals surface area (Å²) in [7, 11) is 0. The monoisotopic (exact) mass is 336 g/mol. The van der Waals surface area contributed by atoms with Gasteiger partial charge in [0.15, 0.2) is 14.5 Å². The molecule has 2 heterocycles. The molecule has 2 aromatic heterocycles. The van der Waals surface area contributed by atoms with Gasteiger partial charge in [-0.15, -0.1) is 15.3 Å². The van der Waals surface area contributed by atoms with Crippen molar-refractivity contribution in [3.63, 3.8) is 0 Å². The van der Waals surface area contributed by atoms with Crippen molar-refractivity contribution < 1.29 is 0 Å². The van der Waals surface area contributed by atoms with E-state index in [0.717, 1.165) is 25.9 Å². The number of hydrogen-bond donors (Lipinski definition) is 0. The summed E-state index contributed by atoms with van der Waals surface area (Å²) in [4.78, 5) is 0. The molecule has 0 N–H and O–H groups in total. The van der Waals surface area contributed by atoms with Crippen molar-refractivity contribution >= 4 is 34.9 Å². The Morgan fingerprint density at radius 1 is 1.05 bits per heavy atom. The average Bonchev–Trinajstić information content (AvgIpc) is 3.15. The molecular weight excluding hydrogens is 324 g/mol. The van der Waals surface area contributed by atoms with E-state index in [2.05, 4.69) is 32.6 Å². The van der Waals surface area contributed by atoms with Gasteiger partial charge < -0.3 is 0 Å². The van der Waals surface area contributed by atoms with Crippen LogP contribution in [0.2, 0.25) is 0 Å². The van der Waals surface area contributed by atoms with E-state index in [9.17, 15) is 0 Å². The molecule has 0 unspecified atom stereocenters. The summed E-state index contributed by atoms with van der Waals surface area (Å²) < 4.78 is 3.69. The van der Waals surface area contributed by atoms with Crippen molar-refractivity contribution in [1.29, 1.82) is 0 Å². The summed E-state index contributed by atoms with van der Waals surface area (Å²) >= 11 is 4.91. The molecular formula is C12H12N6S3. The third kappa shape index (κ3) is 3.60. The molecule has 0 aliphatic carbocycles. The first-order chi connectivity index (χ1) is 10.4. The summed E-state index contributed by atoms with van der Waals surface area (Å²) in [5, 5.41) is 20.2. The minimum absolute atomic E-state index is 0.660. The van der Waals surface area contributed by atoms with Gasteiger partial charge in [-0.05, 0) is 28.3 Å². The SMILES string of the molecule is CCSc1nnc(SCc2nnnn2-c2ccccc2)s1. The molecule has 0 saturated carbocycles. The number of nitrogens with zero attached hydrogens (tertiary/aromatic N) is 6. The van der Waals surface area contributed by atoms with Crippen LogP contribution in [0.1, 0.15) is 12.7 Å². The highest BCUT2D eigenvalue weighted by Gasteiger charge is 2.11. The predicted molar refractivity (Wildman–Crippen MR) is 85.0 cm³/mol. The van der Waals surface area contributed by atoms with Crippen LogP contribution in [0, 0.1) is 0 Å². The highest BCUT2D eigenvalue weighted by molar-refractivity contribution is 8.02. The zero-order valence-electron chi connectivity index (χ0n) is 11.2. The maximum Gasteiger partial charge on any atom is 0.175 e. The molecule has 108 valence electrons. The molecule has 0 aliphatic rings. The van der Waals surface area contributed by atoms with Gasteiger partial charge in [-0.25, -0.2) is 0 Å². The average molecular weight is 336 g/mol. The third-order valence-electron chi connectivity index (χ3n) is 2.52. The molecule has 0 aliphatic heterocycles. The maximum absolute atomic E-state index is 4.17. The van der Waals surface area contributed by atoms with Crippen molar-refractivity contribution in [3.8, 4) is 5.69 Å². The Bertz CT molecular complexity index is 696. The Labute approximate surface area is 134 Å². The molecule has 3 rings (SSSR count). The molecule has 0 amide bonds. The number of benzene rings is 1. The van der Waals surface area contributed by atoms with Crippen molar-refractivity contribution in [2.45, 2.75) is 21.4 Å². The van der Waals surface area contributed by atoms with Crippen molar-refractivity contribution in [3.05, 3.63) is 36.2 Å². The smallest absolute Gasteiger partial charge is 0.175 e. The molecule has 0 saturated heterocycles. The Morgan fingerprint density at radius 3 is 2.57 bits per heavy atom. The molecule has 0 bridgehead atoms. The highest BCUT2D eigenvalue weighted by atomic mass is 32.2. The molecule has 0 fully saturated rings. The molecule has 6 nitrogen and oxygen atoms in total. The predicted octanol–water partition coefficient (Wildman–Crippen LogP) is 2.92. The van der Waals surface area contributed by atoms with E-state index in [1.807, 2.05) is 30.3 Å². The number of hydrogen-bond acceptors (Lipinski definition) is 8. The molecule has 0 radical (unpaired) electrons. The van der Waals surface area contributed by atoms with Gasteiger partial charge in [0.1, 0.15) is 0 Å². The standard InChI is InChI=1S/C12H12N6S3/c1-2-19-11-14-15-12(21-11)20-8-10-13-16-17-18(10)9-6-4-3-5-7-9/h3-7H,2,8H2,1H3. The lowest BCUT2D eigenvalue weighted by Crippen LogP contribution is -2.01. The second kappa shape index (κ2) is 7.01. The summed E-state index contributed by atoms with van der Waals surface area (Å²) in [6.45, 7) is 2.10. The molecule has 0 atom stereocenters. The van der Waals surface area contributed by atoms with Crippen molar-refractivity contribution in [2.75, 3.05) is 5.75 Å². The Kier molecular flexibility index (Phi) is 4.84. The van der Waals surface area contributed by atoms with E-state index < -0.39 is 0 Å². The summed E-state index contributed by atoms with van der Waals surface area (Å²) in [5.74, 6) is 2.46. The minimum atomic E-state index is 0.660. The van der Waals surface area contributed by atoms with Gasteiger partial charge >= 0.3 is 0 Å². The van der Waals surface area contributed by atoms with Gasteiger partial charge in [0.05, 0.1) is 11.4 Å². The van der Waals surface area contributed by atoms with Crippen LogP contribution < -0.4 is 0 Å². The Morgan fingerprint density at radius 2 is 1.81 bits per heavy atom. The van der Waals surface area contributed by atoms with E-state index >= 15 is 0 Å². The van der Waals surface area contributed by atoms with E-state index in [1.54, 1.807) is 39.5 Å². The number of para-hydroxylation sites is 1. The lowest BCUT2D eigenvalue weighted by Gasteiger charge is -2.02. The van der Waals surface area contributed by atoms with Gasteiger partial charge in [-0.2, -0.15) is 4.68 Å². The molecule has 9 heteroatoms. The lowest BCUT2D eigenvalue weighted by molar-refractivity contribution is 0.777. The van der Waals surface area contributed by atoms with Gasteiger partial charge in [0, 0.05) is 0 Å². The van der Waals surface area contributed by atoms with Crippen molar-refractivity contribution in [1.82, 2.24) is 30.4 Å². The summed E-state index contributed by atoms with van der Waals surface area (Å²) in [5.41, 5.74) is 0.956. The Balaban J connectivity index is 1.70. The lowest BCUT2D eigenvalue weighted by atomic mass is 10.3. The van der Waals surface area contributed by atoms with E-state index in [4.69, 9.17) is 0 Å². The molecule has 21 heavy (non-hydrogen) atoms. The fraction of sp³-hybridized carbons (Fsp3) is 0.250. The largest absolute Gasteiger partial charge is 0.196 e. The van der Waals surface area contributed by atoms with Crippen LogP contribution in [0.25, 0.3) is 5.69 Å². The van der Waals surface area contributed by atoms with Crippen LogP contribution in [-0.4, -0.2) is 36.2 Å². The second-order valence-corrected chi connectivity index (χ2v) is 7.61. The fourth-order valence-electron chi connectivity index (χ4n) is 1.63. The van der Waals surface area contributed by atoms with E-state index in [-0.39, 0.29) is 0 Å². The van der Waals surface area contributed by atoms with Gasteiger partial charge in [-0.3, -0.25) is 0 Å². The van der Waals surface area contributed by atoms with Gasteiger partial charge in [0.25, 0.3) is 0 Å². The van der Waals surface area contributed by atoms with Crippen molar-refractivity contribution in [2.24, 2.45) is 0 Å². The normalized spacial score (nSPS) is 10.9. The van der Waals surface area contributed by atoms with Crippen LogP contribution in [0.5, 0.6) is 0 Å². The molecule has 0 spiro atoms. The van der Waals surface area contributed by atoms with E-state index in [1.165, 1.54) is 0 Å². The van der Waals surface area contributed by atoms with Crippen LogP contribution in [-0.2, 0) is 5.75 Å². The maximum atomic E-state index is 4.17. The zero-order chi connectivity index (χ0) is 14.5. The zero-order valence-corrected chi connectivity index (χ0v) is 13.7. The number of rotatable bonds is 6. The van der Waals surface area contributed by atoms with Gasteiger partial charge in [-0.1, -0.05) is 60.0 Å². The van der Waals surface area contributed by atoms with Gasteiger partial charge in [0.2, 0.25) is 0 Å². The fourth-order valence-corrected chi connectivity index (χ4v) is 4.45. The first kappa shape index (κ1) is 14.5. The van der Waals surface area contributed by atoms with Crippen LogP contribution in [0.4, 0.5) is 0 Å². The summed E-state index contributed by atoms with van der Waals surface area (Å²) in [6, 6.07) is 9.85.